The molecule has 0 radical (unpaired) electrons. The van der Waals surface area contributed by atoms with Gasteiger partial charge in [0.25, 0.3) is 0 Å². The molecule has 0 bridgehead atoms. The Hall–Kier alpha value is -2.08. The van der Waals surface area contributed by atoms with Crippen molar-refractivity contribution >= 4 is 6.09 Å². The molecule has 2 N–H and O–H groups in total. The summed E-state index contributed by atoms with van der Waals surface area (Å²) in [5.41, 5.74) is 0.657. The van der Waals surface area contributed by atoms with Gasteiger partial charge in [-0.25, -0.2) is 9.78 Å². The standard InChI is InChI=1S/C26H41N3O3/c1-7-8-9-10-20-16-27-17-29(20)22(18(2)3)21-15-26(23(21)30)13-11-19(12-14-26)28-24(31)32-25(4,5)6/h7-9,16-19,21-23,30H,1,10-15H2,2-6H3,(H,28,31)/b9-8-/t19?,21-,22-,23+,26?/m1/s1. The monoisotopic (exact) mass is 443 g/mol. The van der Waals surface area contributed by atoms with Gasteiger partial charge in [0.1, 0.15) is 5.60 Å². The molecule has 2 fully saturated rings. The number of amides is 1. The maximum absolute atomic E-state index is 12.1. The Kier molecular flexibility index (Phi) is 7.53. The highest BCUT2D eigenvalue weighted by Gasteiger charge is 2.57. The predicted octanol–water partition coefficient (Wildman–Crippen LogP) is 5.20. The minimum atomic E-state index is -0.489. The molecule has 0 saturated heterocycles. The van der Waals surface area contributed by atoms with Gasteiger partial charge >= 0.3 is 6.09 Å². The molecule has 2 aliphatic carbocycles. The summed E-state index contributed by atoms with van der Waals surface area (Å²) in [7, 11) is 0. The molecule has 1 aromatic rings. The summed E-state index contributed by atoms with van der Waals surface area (Å²) in [5.74, 6) is 0.621. The van der Waals surface area contributed by atoms with Gasteiger partial charge in [-0.15, -0.1) is 0 Å². The lowest BCUT2D eigenvalue weighted by Gasteiger charge is -2.58. The van der Waals surface area contributed by atoms with Crippen LogP contribution < -0.4 is 5.32 Å². The van der Waals surface area contributed by atoms with Crippen LogP contribution in [0.2, 0.25) is 0 Å². The summed E-state index contributed by atoms with van der Waals surface area (Å²) in [4.78, 5) is 16.5. The lowest BCUT2D eigenvalue weighted by molar-refractivity contribution is -0.162. The Labute approximate surface area is 193 Å². The average Bonchev–Trinajstić information content (AvgIpc) is 3.15. The Bertz CT molecular complexity index is 813. The third kappa shape index (κ3) is 5.45. The van der Waals surface area contributed by atoms with E-state index in [1.165, 1.54) is 5.69 Å². The van der Waals surface area contributed by atoms with Gasteiger partial charge in [-0.1, -0.05) is 38.7 Å². The zero-order valence-corrected chi connectivity index (χ0v) is 20.4. The largest absolute Gasteiger partial charge is 0.444 e. The number of alkyl carbamates (subject to hydrolysis) is 1. The van der Waals surface area contributed by atoms with E-state index in [1.807, 2.05) is 39.4 Å². The molecule has 3 atom stereocenters. The molecule has 1 spiro atoms. The molecule has 0 aliphatic heterocycles. The van der Waals surface area contributed by atoms with Gasteiger partial charge in [-0.05, 0) is 64.2 Å². The first-order chi connectivity index (χ1) is 15.1. The fourth-order valence-electron chi connectivity index (χ4n) is 5.68. The maximum atomic E-state index is 12.1. The molecule has 32 heavy (non-hydrogen) atoms. The molecule has 1 heterocycles. The molecule has 0 unspecified atom stereocenters. The van der Waals surface area contributed by atoms with Crippen LogP contribution in [0.5, 0.6) is 0 Å². The van der Waals surface area contributed by atoms with Gasteiger partial charge in [0.05, 0.1) is 12.4 Å². The Morgan fingerprint density at radius 3 is 2.66 bits per heavy atom. The van der Waals surface area contributed by atoms with E-state index in [9.17, 15) is 9.90 Å². The first-order valence-electron chi connectivity index (χ1n) is 12.0. The van der Waals surface area contributed by atoms with Crippen LogP contribution in [0.3, 0.4) is 0 Å². The Morgan fingerprint density at radius 1 is 1.41 bits per heavy atom. The summed E-state index contributed by atoms with van der Waals surface area (Å²) in [6, 6.07) is 0.349. The van der Waals surface area contributed by atoms with Gasteiger partial charge < -0.3 is 19.7 Å². The zero-order valence-electron chi connectivity index (χ0n) is 20.4. The van der Waals surface area contributed by atoms with Crippen LogP contribution in [0.25, 0.3) is 0 Å². The number of aromatic nitrogens is 2. The number of rotatable bonds is 7. The lowest BCUT2D eigenvalue weighted by Crippen LogP contribution is -2.58. The molecular weight excluding hydrogens is 402 g/mol. The number of aliphatic hydroxyl groups is 1. The predicted molar refractivity (Wildman–Crippen MR) is 127 cm³/mol. The molecule has 1 amide bonds. The third-order valence-electron chi connectivity index (χ3n) is 7.17. The number of allylic oxidation sites excluding steroid dienone is 3. The van der Waals surface area contributed by atoms with Crippen molar-refractivity contribution in [1.29, 1.82) is 0 Å². The first kappa shape index (κ1) is 24.6. The van der Waals surface area contributed by atoms with Crippen molar-refractivity contribution in [2.75, 3.05) is 0 Å². The van der Waals surface area contributed by atoms with Crippen molar-refractivity contribution in [3.8, 4) is 0 Å². The molecule has 2 aliphatic rings. The molecule has 178 valence electrons. The van der Waals surface area contributed by atoms with Crippen molar-refractivity contribution in [2.24, 2.45) is 17.3 Å². The highest BCUT2D eigenvalue weighted by atomic mass is 16.6. The minimum Gasteiger partial charge on any atom is -0.444 e. The van der Waals surface area contributed by atoms with E-state index >= 15 is 0 Å². The van der Waals surface area contributed by atoms with E-state index < -0.39 is 5.60 Å². The van der Waals surface area contributed by atoms with Crippen LogP contribution in [-0.4, -0.2) is 38.5 Å². The van der Waals surface area contributed by atoms with E-state index in [0.29, 0.717) is 5.92 Å². The average molecular weight is 444 g/mol. The molecule has 2 saturated carbocycles. The number of nitrogens with one attached hydrogen (secondary N) is 1. The van der Waals surface area contributed by atoms with Gasteiger partial charge in [-0.3, -0.25) is 0 Å². The van der Waals surface area contributed by atoms with Crippen molar-refractivity contribution in [1.82, 2.24) is 14.9 Å². The van der Waals surface area contributed by atoms with Gasteiger partial charge in [0.15, 0.2) is 0 Å². The van der Waals surface area contributed by atoms with E-state index in [0.717, 1.165) is 38.5 Å². The second kappa shape index (κ2) is 9.82. The first-order valence-corrected chi connectivity index (χ1v) is 12.0. The summed E-state index contributed by atoms with van der Waals surface area (Å²) < 4.78 is 7.67. The number of carbonyl (C=O) groups excluding carboxylic acids is 1. The number of aliphatic hydroxyl groups excluding tert-OH is 1. The highest BCUT2D eigenvalue weighted by molar-refractivity contribution is 5.68. The minimum absolute atomic E-state index is 0.0204. The quantitative estimate of drug-likeness (QED) is 0.568. The van der Waals surface area contributed by atoms with Gasteiger partial charge in [0, 0.05) is 36.3 Å². The number of carbonyl (C=O) groups is 1. The molecule has 6 nitrogen and oxygen atoms in total. The van der Waals surface area contributed by atoms with Crippen LogP contribution in [0.15, 0.2) is 37.3 Å². The van der Waals surface area contributed by atoms with Crippen molar-refractivity contribution < 1.29 is 14.6 Å². The van der Waals surface area contributed by atoms with Crippen LogP contribution in [0.4, 0.5) is 4.79 Å². The number of ether oxygens (including phenoxy) is 1. The normalized spacial score (nSPS) is 29.2. The topological polar surface area (TPSA) is 76.4 Å². The molecule has 1 aromatic heterocycles. The number of nitrogens with zero attached hydrogens (tertiary/aromatic N) is 2. The maximum Gasteiger partial charge on any atom is 0.407 e. The second-order valence-corrected chi connectivity index (χ2v) is 11.0. The smallest absolute Gasteiger partial charge is 0.407 e. The Balaban J connectivity index is 1.61. The molecular formula is C26H41N3O3. The summed E-state index contributed by atoms with van der Waals surface area (Å²) >= 11 is 0. The fourth-order valence-corrected chi connectivity index (χ4v) is 5.68. The number of imidazole rings is 1. The summed E-state index contributed by atoms with van der Waals surface area (Å²) in [6.45, 7) is 13.8. The molecule has 0 aromatic carbocycles. The van der Waals surface area contributed by atoms with E-state index in [2.05, 4.69) is 41.4 Å². The number of hydrogen-bond acceptors (Lipinski definition) is 4. The van der Waals surface area contributed by atoms with Crippen molar-refractivity contribution in [2.45, 2.75) is 96.9 Å². The molecule has 3 rings (SSSR count). The fraction of sp³-hybridized carbons (Fsp3) is 0.692. The van der Waals surface area contributed by atoms with Crippen molar-refractivity contribution in [3.05, 3.63) is 43.0 Å². The van der Waals surface area contributed by atoms with Crippen LogP contribution >= 0.6 is 0 Å². The second-order valence-electron chi connectivity index (χ2n) is 11.0. The van der Waals surface area contributed by atoms with E-state index in [1.54, 1.807) is 6.08 Å². The van der Waals surface area contributed by atoms with Crippen LogP contribution in [0.1, 0.15) is 78.5 Å². The van der Waals surface area contributed by atoms with E-state index in [4.69, 9.17) is 4.74 Å². The van der Waals surface area contributed by atoms with E-state index in [-0.39, 0.29) is 35.6 Å². The SMILES string of the molecule is C=C/C=C\Cc1cncn1[C@H](C(C)C)[C@H]1CC2(CCC(NC(=O)OC(C)(C)C)CC2)[C@H]1O. The van der Waals surface area contributed by atoms with Crippen LogP contribution in [-0.2, 0) is 11.2 Å². The summed E-state index contributed by atoms with van der Waals surface area (Å²) in [6.07, 6.45) is 14.5. The summed E-state index contributed by atoms with van der Waals surface area (Å²) in [5, 5.41) is 14.4. The zero-order chi connectivity index (χ0) is 23.5. The lowest BCUT2D eigenvalue weighted by atomic mass is 9.51. The van der Waals surface area contributed by atoms with Gasteiger partial charge in [-0.2, -0.15) is 0 Å². The van der Waals surface area contributed by atoms with Gasteiger partial charge in [0.2, 0.25) is 0 Å². The highest BCUT2D eigenvalue weighted by Crippen LogP contribution is 2.59. The third-order valence-corrected chi connectivity index (χ3v) is 7.17. The molecule has 6 heteroatoms. The van der Waals surface area contributed by atoms with Crippen molar-refractivity contribution in [3.63, 3.8) is 0 Å². The number of hydrogen-bond donors (Lipinski definition) is 2. The Morgan fingerprint density at radius 2 is 2.09 bits per heavy atom. The van der Waals surface area contributed by atoms with Crippen LogP contribution in [0, 0.1) is 17.3 Å².